The molecule has 0 spiro atoms. The van der Waals surface area contributed by atoms with E-state index in [1.165, 1.54) is 4.90 Å². The summed E-state index contributed by atoms with van der Waals surface area (Å²) in [5.74, 6) is 0.886. The van der Waals surface area contributed by atoms with Crippen LogP contribution in [0.3, 0.4) is 0 Å². The van der Waals surface area contributed by atoms with E-state index in [2.05, 4.69) is 5.16 Å². The van der Waals surface area contributed by atoms with E-state index in [0.717, 1.165) is 5.56 Å². The van der Waals surface area contributed by atoms with E-state index >= 15 is 0 Å². The number of rotatable bonds is 5. The number of amides is 1. The summed E-state index contributed by atoms with van der Waals surface area (Å²) in [7, 11) is 0. The van der Waals surface area contributed by atoms with Gasteiger partial charge in [0.1, 0.15) is 23.7 Å². The topological polar surface area (TPSA) is 85.8 Å². The third kappa shape index (κ3) is 4.06. The van der Waals surface area contributed by atoms with E-state index in [1.54, 1.807) is 61.5 Å². The number of benzene rings is 3. The molecule has 9 heteroatoms. The molecule has 0 bridgehead atoms. The van der Waals surface area contributed by atoms with Crippen molar-refractivity contribution in [3.05, 3.63) is 121 Å². The van der Waals surface area contributed by atoms with Crippen LogP contribution in [0.15, 0.2) is 86.5 Å². The van der Waals surface area contributed by atoms with Crippen LogP contribution < -0.4 is 15.1 Å². The van der Waals surface area contributed by atoms with Crippen LogP contribution in [-0.2, 0) is 6.61 Å². The number of halogens is 2. The van der Waals surface area contributed by atoms with Crippen LogP contribution in [0.1, 0.15) is 39.0 Å². The van der Waals surface area contributed by atoms with Crippen LogP contribution in [0.2, 0.25) is 10.0 Å². The molecule has 1 aliphatic heterocycles. The van der Waals surface area contributed by atoms with Crippen molar-refractivity contribution in [1.82, 2.24) is 5.16 Å². The molecule has 6 rings (SSSR count). The summed E-state index contributed by atoms with van der Waals surface area (Å²) < 4.78 is 17.1. The fourth-order valence-electron chi connectivity index (χ4n) is 4.49. The molecule has 5 aromatic rings. The Morgan fingerprint density at radius 1 is 1.00 bits per heavy atom. The van der Waals surface area contributed by atoms with Gasteiger partial charge in [-0.05, 0) is 48.9 Å². The Morgan fingerprint density at radius 2 is 1.78 bits per heavy atom. The molecule has 2 aromatic heterocycles. The van der Waals surface area contributed by atoms with Crippen LogP contribution in [0.4, 0.5) is 5.82 Å². The van der Waals surface area contributed by atoms with E-state index in [4.69, 9.17) is 36.9 Å². The first-order valence-electron chi connectivity index (χ1n) is 11.4. The Labute approximate surface area is 220 Å². The second kappa shape index (κ2) is 9.10. The van der Waals surface area contributed by atoms with Crippen molar-refractivity contribution in [1.29, 1.82) is 0 Å². The summed E-state index contributed by atoms with van der Waals surface area (Å²) in [4.78, 5) is 28.6. The molecular formula is C28H18Cl2N2O5. The Morgan fingerprint density at radius 3 is 2.51 bits per heavy atom. The van der Waals surface area contributed by atoms with Crippen LogP contribution >= 0.6 is 23.2 Å². The van der Waals surface area contributed by atoms with Crippen molar-refractivity contribution in [2.75, 3.05) is 4.90 Å². The zero-order chi connectivity index (χ0) is 25.7. The summed E-state index contributed by atoms with van der Waals surface area (Å²) in [6.07, 6.45) is 0. The molecular weight excluding hydrogens is 515 g/mol. The SMILES string of the molecule is Cc1cc(N2C(=O)c3oc4ccc(Cl)cc4c(=O)c3[C@H]2c2ccc(OCc3ccccc3Cl)cc2)no1. The molecule has 0 fully saturated rings. The lowest BCUT2D eigenvalue weighted by Gasteiger charge is -2.22. The van der Waals surface area contributed by atoms with E-state index in [1.807, 2.05) is 18.2 Å². The molecule has 1 amide bonds. The first-order chi connectivity index (χ1) is 17.9. The van der Waals surface area contributed by atoms with Gasteiger partial charge in [-0.1, -0.05) is 58.7 Å². The van der Waals surface area contributed by atoms with Gasteiger partial charge >= 0.3 is 0 Å². The number of aryl methyl sites for hydroxylation is 1. The van der Waals surface area contributed by atoms with Crippen LogP contribution in [0.5, 0.6) is 5.75 Å². The molecule has 0 N–H and O–H groups in total. The molecule has 1 atom stereocenters. The fraction of sp³-hybridized carbons (Fsp3) is 0.107. The van der Waals surface area contributed by atoms with Crippen molar-refractivity contribution in [2.45, 2.75) is 19.6 Å². The van der Waals surface area contributed by atoms with Crippen molar-refractivity contribution in [2.24, 2.45) is 0 Å². The second-order valence-electron chi connectivity index (χ2n) is 8.64. The average Bonchev–Trinajstić information content (AvgIpc) is 3.45. The molecule has 7 nitrogen and oxygen atoms in total. The van der Waals surface area contributed by atoms with Crippen molar-refractivity contribution < 1.29 is 18.5 Å². The Bertz CT molecular complexity index is 1730. The van der Waals surface area contributed by atoms with Gasteiger partial charge in [0, 0.05) is 21.7 Å². The summed E-state index contributed by atoms with van der Waals surface area (Å²) in [6, 6.07) is 20.2. The molecule has 1 aliphatic rings. The minimum absolute atomic E-state index is 0.0375. The average molecular weight is 533 g/mol. The second-order valence-corrected chi connectivity index (χ2v) is 9.48. The van der Waals surface area contributed by atoms with Gasteiger partial charge in [0.15, 0.2) is 11.2 Å². The summed E-state index contributed by atoms with van der Waals surface area (Å²) in [6.45, 7) is 2.02. The third-order valence-corrected chi connectivity index (χ3v) is 6.85. The summed E-state index contributed by atoms with van der Waals surface area (Å²) in [5, 5.41) is 5.35. The smallest absolute Gasteiger partial charge is 0.296 e. The molecule has 0 unspecified atom stereocenters. The molecule has 0 aliphatic carbocycles. The number of ether oxygens (including phenoxy) is 1. The van der Waals surface area contributed by atoms with Gasteiger partial charge < -0.3 is 13.7 Å². The van der Waals surface area contributed by atoms with Gasteiger partial charge in [-0.25, -0.2) is 0 Å². The van der Waals surface area contributed by atoms with Gasteiger partial charge in [0.2, 0.25) is 5.76 Å². The molecule has 3 heterocycles. The highest BCUT2D eigenvalue weighted by Gasteiger charge is 2.44. The van der Waals surface area contributed by atoms with Gasteiger partial charge in [0.05, 0.1) is 17.0 Å². The van der Waals surface area contributed by atoms with E-state index in [0.29, 0.717) is 39.1 Å². The highest BCUT2D eigenvalue weighted by atomic mass is 35.5. The Balaban J connectivity index is 1.43. The lowest BCUT2D eigenvalue weighted by Crippen LogP contribution is -2.29. The molecule has 3 aromatic carbocycles. The lowest BCUT2D eigenvalue weighted by atomic mass is 9.98. The predicted molar refractivity (Wildman–Crippen MR) is 140 cm³/mol. The number of anilines is 1. The van der Waals surface area contributed by atoms with Crippen LogP contribution in [0.25, 0.3) is 11.0 Å². The number of fused-ring (bicyclic) bond motifs is 2. The van der Waals surface area contributed by atoms with Gasteiger partial charge in [0.25, 0.3) is 5.91 Å². The van der Waals surface area contributed by atoms with Crippen LogP contribution in [0, 0.1) is 6.92 Å². The number of nitrogens with zero attached hydrogens (tertiary/aromatic N) is 2. The van der Waals surface area contributed by atoms with Crippen LogP contribution in [-0.4, -0.2) is 11.1 Å². The first-order valence-corrected chi connectivity index (χ1v) is 12.2. The van der Waals surface area contributed by atoms with Crippen molar-refractivity contribution >= 4 is 45.9 Å². The maximum Gasteiger partial charge on any atom is 0.296 e. The number of hydrogen-bond acceptors (Lipinski definition) is 6. The summed E-state index contributed by atoms with van der Waals surface area (Å²) in [5.41, 5.74) is 1.69. The monoisotopic (exact) mass is 532 g/mol. The Hall–Kier alpha value is -4.07. The predicted octanol–water partition coefficient (Wildman–Crippen LogP) is 6.73. The summed E-state index contributed by atoms with van der Waals surface area (Å²) >= 11 is 12.4. The standard InChI is InChI=1S/C28H18Cl2N2O5/c1-15-12-23(31-37-15)32-25(16-6-9-19(10-7-16)35-14-17-4-2-3-5-21(17)30)24-26(33)20-13-18(29)8-11-22(20)36-27(24)28(32)34/h2-13,25H,14H2,1H3/t25-/m1/s1. The Kier molecular flexibility index (Phi) is 5.74. The van der Waals surface area contributed by atoms with E-state index in [-0.39, 0.29) is 28.2 Å². The molecule has 0 radical (unpaired) electrons. The zero-order valence-corrected chi connectivity index (χ0v) is 20.9. The van der Waals surface area contributed by atoms with Gasteiger partial charge in [-0.15, -0.1) is 0 Å². The highest BCUT2D eigenvalue weighted by molar-refractivity contribution is 6.31. The largest absolute Gasteiger partial charge is 0.489 e. The van der Waals surface area contributed by atoms with E-state index < -0.39 is 11.9 Å². The van der Waals surface area contributed by atoms with E-state index in [9.17, 15) is 9.59 Å². The molecule has 37 heavy (non-hydrogen) atoms. The number of aromatic nitrogens is 1. The molecule has 184 valence electrons. The minimum Gasteiger partial charge on any atom is -0.489 e. The number of carbonyl (C=O) groups is 1. The van der Waals surface area contributed by atoms with Gasteiger partial charge in [-0.3, -0.25) is 14.5 Å². The quantitative estimate of drug-likeness (QED) is 0.249. The number of hydrogen-bond donors (Lipinski definition) is 0. The molecule has 0 saturated heterocycles. The normalized spacial score (nSPS) is 14.8. The third-order valence-electron chi connectivity index (χ3n) is 6.24. The minimum atomic E-state index is -0.788. The fourth-order valence-corrected chi connectivity index (χ4v) is 4.85. The highest BCUT2D eigenvalue weighted by Crippen LogP contribution is 2.41. The molecule has 0 saturated carbocycles. The maximum atomic E-state index is 13.7. The van der Waals surface area contributed by atoms with Crippen molar-refractivity contribution in [3.8, 4) is 5.75 Å². The maximum absolute atomic E-state index is 13.7. The van der Waals surface area contributed by atoms with Gasteiger partial charge in [-0.2, -0.15) is 0 Å². The number of carbonyl (C=O) groups excluding carboxylic acids is 1. The van der Waals surface area contributed by atoms with Crippen molar-refractivity contribution in [3.63, 3.8) is 0 Å². The lowest BCUT2D eigenvalue weighted by molar-refractivity contribution is 0.0969. The zero-order valence-electron chi connectivity index (χ0n) is 19.4. The first kappa shape index (κ1) is 23.3.